The van der Waals surface area contributed by atoms with Gasteiger partial charge in [0.05, 0.1) is 19.1 Å². The number of nitrogens with zero attached hydrogens (tertiary/aromatic N) is 1. The number of methoxy groups -OCH3 is 2. The average molecular weight is 726 g/mol. The van der Waals surface area contributed by atoms with E-state index >= 15 is 0 Å². The molecule has 0 saturated heterocycles. The lowest BCUT2D eigenvalue weighted by Crippen LogP contribution is -2.52. The van der Waals surface area contributed by atoms with Gasteiger partial charge in [0.25, 0.3) is 15.9 Å². The maximum absolute atomic E-state index is 14.0. The van der Waals surface area contributed by atoms with Crippen molar-refractivity contribution in [1.29, 1.82) is 0 Å². The summed E-state index contributed by atoms with van der Waals surface area (Å²) in [7, 11) is -0.798. The molecule has 270 valence electrons. The van der Waals surface area contributed by atoms with E-state index in [-0.39, 0.29) is 35.2 Å². The Bertz CT molecular complexity index is 2010. The van der Waals surface area contributed by atoms with Gasteiger partial charge < -0.3 is 24.4 Å². The number of carbonyl (C=O) groups is 2. The maximum Gasteiger partial charge on any atom is 0.261 e. The molecule has 12 heteroatoms. The third-order valence-electron chi connectivity index (χ3n) is 8.25. The van der Waals surface area contributed by atoms with Crippen LogP contribution in [-0.4, -0.2) is 58.5 Å². The van der Waals surface area contributed by atoms with Crippen molar-refractivity contribution in [3.05, 3.63) is 150 Å². The van der Waals surface area contributed by atoms with Crippen molar-refractivity contribution < 1.29 is 36.6 Å². The SMILES string of the molecule is COc1ccc(CCNC(=O)[C@H](Cc2ccccc2)N(Cc2ccc(OC)cc2)C(=O)COc2ccc(S(=O)(=O)Nc3ccc(F)cc3)cc2)cc1. The first-order valence-corrected chi connectivity index (χ1v) is 18.0. The molecule has 52 heavy (non-hydrogen) atoms. The molecule has 0 aliphatic heterocycles. The summed E-state index contributed by atoms with van der Waals surface area (Å²) < 4.78 is 57.8. The van der Waals surface area contributed by atoms with E-state index in [4.69, 9.17) is 14.2 Å². The molecular formula is C40H40FN3O7S. The van der Waals surface area contributed by atoms with Gasteiger partial charge in [0.1, 0.15) is 29.1 Å². The molecule has 10 nitrogen and oxygen atoms in total. The number of carbonyl (C=O) groups excluding carboxylic acids is 2. The van der Waals surface area contributed by atoms with Crippen LogP contribution in [0.3, 0.4) is 0 Å². The van der Waals surface area contributed by atoms with Crippen LogP contribution < -0.4 is 24.2 Å². The Kier molecular flexibility index (Phi) is 12.8. The third kappa shape index (κ3) is 10.6. The van der Waals surface area contributed by atoms with Crippen molar-refractivity contribution in [2.75, 3.05) is 32.1 Å². The lowest BCUT2D eigenvalue weighted by atomic mass is 10.0. The molecule has 0 radical (unpaired) electrons. The zero-order valence-corrected chi connectivity index (χ0v) is 29.6. The van der Waals surface area contributed by atoms with Crippen LogP contribution in [0.4, 0.5) is 10.1 Å². The normalized spacial score (nSPS) is 11.6. The minimum Gasteiger partial charge on any atom is -0.497 e. The summed E-state index contributed by atoms with van der Waals surface area (Å²) in [5.74, 6) is 0.394. The highest BCUT2D eigenvalue weighted by atomic mass is 32.2. The van der Waals surface area contributed by atoms with Gasteiger partial charge in [-0.3, -0.25) is 14.3 Å². The van der Waals surface area contributed by atoms with Gasteiger partial charge >= 0.3 is 0 Å². The van der Waals surface area contributed by atoms with E-state index in [2.05, 4.69) is 10.0 Å². The molecule has 2 amide bonds. The van der Waals surface area contributed by atoms with E-state index in [1.54, 1.807) is 26.4 Å². The molecule has 0 fully saturated rings. The molecule has 5 aromatic carbocycles. The van der Waals surface area contributed by atoms with E-state index in [0.717, 1.165) is 34.6 Å². The topological polar surface area (TPSA) is 123 Å². The molecule has 0 spiro atoms. The maximum atomic E-state index is 14.0. The summed E-state index contributed by atoms with van der Waals surface area (Å²) in [6.45, 7) is 0.0467. The predicted molar refractivity (Wildman–Crippen MR) is 196 cm³/mol. The van der Waals surface area contributed by atoms with Crippen LogP contribution in [0.1, 0.15) is 16.7 Å². The summed E-state index contributed by atoms with van der Waals surface area (Å²) in [5, 5.41) is 3.03. The minimum atomic E-state index is -3.97. The second kappa shape index (κ2) is 17.9. The van der Waals surface area contributed by atoms with Gasteiger partial charge in [-0.1, -0.05) is 54.6 Å². The minimum absolute atomic E-state index is 0.0501. The third-order valence-corrected chi connectivity index (χ3v) is 9.65. The first-order chi connectivity index (χ1) is 25.1. The number of halogens is 1. The molecule has 0 aromatic heterocycles. The molecule has 0 unspecified atom stereocenters. The molecule has 0 heterocycles. The molecule has 5 rings (SSSR count). The summed E-state index contributed by atoms with van der Waals surface area (Å²) in [6.07, 6.45) is 0.833. The number of ether oxygens (including phenoxy) is 3. The fourth-order valence-electron chi connectivity index (χ4n) is 5.40. The van der Waals surface area contributed by atoms with E-state index in [1.165, 1.54) is 41.3 Å². The van der Waals surface area contributed by atoms with Crippen LogP contribution in [0, 0.1) is 5.82 Å². The van der Waals surface area contributed by atoms with Crippen LogP contribution in [0.5, 0.6) is 17.2 Å². The fraction of sp³-hybridized carbons (Fsp3) is 0.200. The first-order valence-electron chi connectivity index (χ1n) is 16.5. The van der Waals surface area contributed by atoms with Crippen molar-refractivity contribution in [2.24, 2.45) is 0 Å². The van der Waals surface area contributed by atoms with Gasteiger partial charge in [0.2, 0.25) is 5.91 Å². The molecule has 0 aliphatic carbocycles. The zero-order chi connectivity index (χ0) is 36.9. The van der Waals surface area contributed by atoms with Crippen molar-refractivity contribution in [3.8, 4) is 17.2 Å². The molecule has 1 atom stereocenters. The summed E-state index contributed by atoms with van der Waals surface area (Å²) >= 11 is 0. The van der Waals surface area contributed by atoms with E-state index < -0.39 is 34.4 Å². The molecule has 2 N–H and O–H groups in total. The van der Waals surface area contributed by atoms with Crippen molar-refractivity contribution in [1.82, 2.24) is 10.2 Å². The Morgan fingerprint density at radius 2 is 1.29 bits per heavy atom. The van der Waals surface area contributed by atoms with Crippen molar-refractivity contribution in [3.63, 3.8) is 0 Å². The fourth-order valence-corrected chi connectivity index (χ4v) is 6.46. The van der Waals surface area contributed by atoms with Gasteiger partial charge in [-0.2, -0.15) is 0 Å². The Labute approximate surface area is 303 Å². The number of nitrogens with one attached hydrogen (secondary N) is 2. The highest BCUT2D eigenvalue weighted by Crippen LogP contribution is 2.22. The highest BCUT2D eigenvalue weighted by Gasteiger charge is 2.31. The smallest absolute Gasteiger partial charge is 0.261 e. The lowest BCUT2D eigenvalue weighted by Gasteiger charge is -2.31. The number of anilines is 1. The highest BCUT2D eigenvalue weighted by molar-refractivity contribution is 7.92. The van der Waals surface area contributed by atoms with E-state index in [1.807, 2.05) is 66.7 Å². The van der Waals surface area contributed by atoms with Crippen LogP contribution in [0.15, 0.2) is 132 Å². The van der Waals surface area contributed by atoms with Crippen LogP contribution in [0.25, 0.3) is 0 Å². The number of rotatable bonds is 17. The van der Waals surface area contributed by atoms with Crippen molar-refractivity contribution in [2.45, 2.75) is 30.3 Å². The predicted octanol–water partition coefficient (Wildman–Crippen LogP) is 6.02. The van der Waals surface area contributed by atoms with E-state index in [0.29, 0.717) is 18.7 Å². The Morgan fingerprint density at radius 1 is 0.712 bits per heavy atom. The number of benzene rings is 5. The summed E-state index contributed by atoms with van der Waals surface area (Å²) in [6, 6.07) is 33.9. The van der Waals surface area contributed by atoms with Gasteiger partial charge in [0.15, 0.2) is 6.61 Å². The van der Waals surface area contributed by atoms with Gasteiger partial charge in [-0.05, 0) is 95.9 Å². The second-order valence-electron chi connectivity index (χ2n) is 11.8. The average Bonchev–Trinajstić information content (AvgIpc) is 3.17. The van der Waals surface area contributed by atoms with Crippen LogP contribution in [-0.2, 0) is 39.0 Å². The Balaban J connectivity index is 1.33. The standard InChI is InChI=1S/C40H40FN3O7S/c1-49-34-16-8-29(9-17-34)24-25-42-40(46)38(26-30-6-4-3-5-7-30)44(27-31-10-18-35(50-2)19-11-31)39(45)28-51-36-20-22-37(23-21-36)52(47,48)43-33-14-12-32(41)13-15-33/h3-23,38,43H,24-28H2,1-2H3,(H,42,46)/t38-/m0/s1. The molecule has 0 saturated carbocycles. The molecule has 5 aromatic rings. The molecular weight excluding hydrogens is 686 g/mol. The Morgan fingerprint density at radius 3 is 1.88 bits per heavy atom. The van der Waals surface area contributed by atoms with Gasteiger partial charge in [-0.15, -0.1) is 0 Å². The van der Waals surface area contributed by atoms with Crippen molar-refractivity contribution >= 4 is 27.5 Å². The number of hydrogen-bond acceptors (Lipinski definition) is 7. The van der Waals surface area contributed by atoms with E-state index in [9.17, 15) is 22.4 Å². The Hall–Kier alpha value is -5.88. The summed E-state index contributed by atoms with van der Waals surface area (Å²) in [4.78, 5) is 29.5. The number of sulfonamides is 1. The molecule has 0 bridgehead atoms. The molecule has 0 aliphatic rings. The van der Waals surface area contributed by atoms with Gasteiger partial charge in [-0.25, -0.2) is 12.8 Å². The quantitative estimate of drug-likeness (QED) is 0.120. The van der Waals surface area contributed by atoms with Gasteiger partial charge in [0, 0.05) is 25.2 Å². The largest absolute Gasteiger partial charge is 0.497 e. The number of amides is 2. The summed E-state index contributed by atoms with van der Waals surface area (Å²) in [5.41, 5.74) is 2.88. The first kappa shape index (κ1) is 37.4. The van der Waals surface area contributed by atoms with Crippen LogP contribution in [0.2, 0.25) is 0 Å². The number of hydrogen-bond donors (Lipinski definition) is 2. The lowest BCUT2D eigenvalue weighted by molar-refractivity contribution is -0.142. The zero-order valence-electron chi connectivity index (χ0n) is 28.8. The monoisotopic (exact) mass is 725 g/mol. The van der Waals surface area contributed by atoms with Crippen LogP contribution >= 0.6 is 0 Å². The second-order valence-corrected chi connectivity index (χ2v) is 13.5.